The Morgan fingerprint density at radius 2 is 1.38 bits per heavy atom. The molecular formula is C31H42FN3O11S. The number of ether oxygens (including phenoxy) is 3. The molecule has 0 bridgehead atoms. The Morgan fingerprint density at radius 1 is 0.787 bits per heavy atom. The van der Waals surface area contributed by atoms with Crippen molar-refractivity contribution in [1.29, 1.82) is 0 Å². The van der Waals surface area contributed by atoms with Crippen LogP contribution in [0.2, 0.25) is 0 Å². The van der Waals surface area contributed by atoms with Gasteiger partial charge in [-0.25, -0.2) is 9.18 Å². The summed E-state index contributed by atoms with van der Waals surface area (Å²) in [6.07, 6.45) is -1.94. The van der Waals surface area contributed by atoms with Crippen molar-refractivity contribution in [3.63, 3.8) is 0 Å². The number of methoxy groups -OCH3 is 2. The Bertz CT molecular complexity index is 1250. The highest BCUT2D eigenvalue weighted by molar-refractivity contribution is 7.98. The maximum absolute atomic E-state index is 13.5. The van der Waals surface area contributed by atoms with E-state index in [-0.39, 0.29) is 25.9 Å². The molecule has 4 atom stereocenters. The highest BCUT2D eigenvalue weighted by atomic mass is 32.2. The highest BCUT2D eigenvalue weighted by Gasteiger charge is 2.33. The van der Waals surface area contributed by atoms with E-state index >= 15 is 0 Å². The van der Waals surface area contributed by atoms with Crippen LogP contribution in [-0.2, 0) is 54.4 Å². The van der Waals surface area contributed by atoms with Crippen LogP contribution in [0.3, 0.4) is 0 Å². The van der Waals surface area contributed by atoms with Crippen molar-refractivity contribution in [2.45, 2.75) is 63.6 Å². The predicted molar refractivity (Wildman–Crippen MR) is 167 cm³/mol. The average molecular weight is 684 g/mol. The molecule has 0 aromatic heterocycles. The topological polar surface area (TPSA) is 214 Å². The molecule has 0 radical (unpaired) electrons. The number of hydrogen-bond acceptors (Lipinski definition) is 12. The van der Waals surface area contributed by atoms with Crippen molar-refractivity contribution in [2.24, 2.45) is 17.6 Å². The van der Waals surface area contributed by atoms with Crippen LogP contribution in [0.1, 0.15) is 50.5 Å². The predicted octanol–water partition coefficient (Wildman–Crippen LogP) is 1.60. The number of benzene rings is 1. The van der Waals surface area contributed by atoms with E-state index in [4.69, 9.17) is 10.5 Å². The van der Waals surface area contributed by atoms with Crippen LogP contribution in [0.5, 0.6) is 0 Å². The third-order valence-electron chi connectivity index (χ3n) is 7.04. The van der Waals surface area contributed by atoms with Crippen LogP contribution >= 0.6 is 11.8 Å². The van der Waals surface area contributed by atoms with Crippen LogP contribution in [0, 0.1) is 11.8 Å². The summed E-state index contributed by atoms with van der Waals surface area (Å²) in [6.45, 7) is -1.53. The lowest BCUT2D eigenvalue weighted by molar-refractivity contribution is -0.145. The fraction of sp³-hybridized carbons (Fsp3) is 0.548. The smallest absolute Gasteiger partial charge is 0.408 e. The Hall–Kier alpha value is -4.34. The van der Waals surface area contributed by atoms with E-state index in [2.05, 4.69) is 20.1 Å². The molecule has 1 aromatic carbocycles. The third kappa shape index (κ3) is 16.2. The summed E-state index contributed by atoms with van der Waals surface area (Å²) in [7, 11) is 2.17. The molecule has 0 spiro atoms. The van der Waals surface area contributed by atoms with Gasteiger partial charge in [-0.1, -0.05) is 30.3 Å². The minimum atomic E-state index is -1.46. The molecule has 14 nitrogen and oxygen atoms in total. The van der Waals surface area contributed by atoms with Gasteiger partial charge in [-0.05, 0) is 30.4 Å². The maximum Gasteiger partial charge on any atom is 0.408 e. The average Bonchev–Trinajstić information content (AvgIpc) is 3.06. The van der Waals surface area contributed by atoms with E-state index in [0.717, 1.165) is 14.2 Å². The second-order valence-corrected chi connectivity index (χ2v) is 11.5. The number of ketones is 3. The molecule has 260 valence electrons. The molecule has 4 N–H and O–H groups in total. The Kier molecular flexibility index (Phi) is 19.2. The number of thioether (sulfide) groups is 1. The number of rotatable bonds is 23. The lowest BCUT2D eigenvalue weighted by Gasteiger charge is -2.24. The number of Topliss-reactive ketones (excluding diaryl/α,β-unsaturated/α-hetero) is 3. The van der Waals surface area contributed by atoms with E-state index in [1.165, 1.54) is 11.8 Å². The second-order valence-electron chi connectivity index (χ2n) is 10.5. The van der Waals surface area contributed by atoms with Gasteiger partial charge in [0.25, 0.3) is 0 Å². The molecule has 1 aromatic rings. The number of esters is 2. The van der Waals surface area contributed by atoms with Gasteiger partial charge in [-0.2, -0.15) is 11.8 Å². The van der Waals surface area contributed by atoms with Crippen LogP contribution < -0.4 is 16.4 Å². The van der Waals surface area contributed by atoms with E-state index in [0.29, 0.717) is 11.3 Å². The summed E-state index contributed by atoms with van der Waals surface area (Å²) in [5.41, 5.74) is 5.94. The largest absolute Gasteiger partial charge is 0.469 e. The minimum Gasteiger partial charge on any atom is -0.469 e. The van der Waals surface area contributed by atoms with Gasteiger partial charge in [0.1, 0.15) is 19.3 Å². The van der Waals surface area contributed by atoms with Gasteiger partial charge in [0.2, 0.25) is 11.8 Å². The van der Waals surface area contributed by atoms with Crippen LogP contribution in [-0.4, -0.2) is 92.2 Å². The monoisotopic (exact) mass is 683 g/mol. The molecule has 0 aliphatic heterocycles. The van der Waals surface area contributed by atoms with Gasteiger partial charge in [0, 0.05) is 31.1 Å². The van der Waals surface area contributed by atoms with Crippen LogP contribution in [0.15, 0.2) is 30.3 Å². The van der Waals surface area contributed by atoms with E-state index in [1.807, 2.05) is 0 Å². The Labute approximate surface area is 276 Å². The number of carbonyl (C=O) groups excluding carboxylic acids is 8. The number of primary amides is 1. The molecule has 0 saturated carbocycles. The summed E-state index contributed by atoms with van der Waals surface area (Å²) in [5.74, 6) is -7.81. The molecule has 0 aliphatic carbocycles. The zero-order valence-electron chi connectivity index (χ0n) is 26.6. The number of amides is 3. The van der Waals surface area contributed by atoms with Gasteiger partial charge in [-0.15, -0.1) is 0 Å². The first-order valence-corrected chi connectivity index (χ1v) is 16.1. The molecule has 1 rings (SSSR count). The normalized spacial score (nSPS) is 13.2. The number of nitrogens with one attached hydrogen (secondary N) is 2. The summed E-state index contributed by atoms with van der Waals surface area (Å²) in [6, 6.07) is 6.02. The first kappa shape index (κ1) is 40.7. The van der Waals surface area contributed by atoms with Gasteiger partial charge < -0.3 is 30.6 Å². The van der Waals surface area contributed by atoms with Crippen molar-refractivity contribution in [1.82, 2.24) is 10.6 Å². The zero-order chi connectivity index (χ0) is 35.4. The van der Waals surface area contributed by atoms with Gasteiger partial charge in [0.05, 0.1) is 33.1 Å². The van der Waals surface area contributed by atoms with Crippen LogP contribution in [0.4, 0.5) is 9.18 Å². The third-order valence-corrected chi connectivity index (χ3v) is 7.68. The molecule has 0 heterocycles. The fourth-order valence-electron chi connectivity index (χ4n) is 4.35. The molecular weight excluding hydrogens is 641 g/mol. The molecule has 16 heteroatoms. The summed E-state index contributed by atoms with van der Waals surface area (Å²) in [5, 5.41) is 4.86. The van der Waals surface area contributed by atoms with Crippen molar-refractivity contribution < 1.29 is 57.0 Å². The number of nitrogens with two attached hydrogens (primary N) is 1. The summed E-state index contributed by atoms with van der Waals surface area (Å²) >= 11 is 1.36. The Balaban J connectivity index is 3.16. The standard InChI is InChI=1S/C31H42FN3O11S/c1-44-28(40)15-21(26(38)17-32)14-24(36)22(11-12-47-3)34-30(42)20(9-10-27(33)39)13-25(37)23(16-29(41)45-2)35-31(43)46-18-19-7-5-4-6-8-19/h4-8,20-23H,9-18H2,1-3H3,(H2,33,39)(H,34,42)(H,35,43)/t20?,21?,22-,23-/m0/s1. The SMILES string of the molecule is COC(=O)CC(CC(=O)[C@H](CCSC)NC(=O)C(CCC(N)=O)CC(=O)[C@H](CC(=O)OC)NC(=O)OCc1ccccc1)C(=O)CF. The first-order valence-electron chi connectivity index (χ1n) is 14.7. The van der Waals surface area contributed by atoms with Crippen molar-refractivity contribution in [3.8, 4) is 0 Å². The minimum absolute atomic E-state index is 0.0940. The number of halogens is 1. The van der Waals surface area contributed by atoms with Gasteiger partial charge in [0.15, 0.2) is 17.3 Å². The summed E-state index contributed by atoms with van der Waals surface area (Å²) < 4.78 is 27.5. The van der Waals surface area contributed by atoms with Gasteiger partial charge >= 0.3 is 18.0 Å². The molecule has 0 fully saturated rings. The molecule has 0 saturated heterocycles. The maximum atomic E-state index is 13.5. The number of alkyl halides is 1. The summed E-state index contributed by atoms with van der Waals surface area (Å²) in [4.78, 5) is 100. The van der Waals surface area contributed by atoms with E-state index in [1.54, 1.807) is 36.6 Å². The van der Waals surface area contributed by atoms with Gasteiger partial charge in [-0.3, -0.25) is 33.6 Å². The number of carbonyl (C=O) groups is 8. The zero-order valence-corrected chi connectivity index (χ0v) is 27.4. The lowest BCUT2D eigenvalue weighted by atomic mass is 9.89. The van der Waals surface area contributed by atoms with Crippen molar-refractivity contribution in [2.75, 3.05) is 32.9 Å². The van der Waals surface area contributed by atoms with Crippen molar-refractivity contribution >= 4 is 59.0 Å². The lowest BCUT2D eigenvalue weighted by Crippen LogP contribution is -2.47. The van der Waals surface area contributed by atoms with E-state index < -0.39 is 103 Å². The molecule has 0 aliphatic rings. The first-order chi connectivity index (χ1) is 22.3. The number of hydrogen-bond donors (Lipinski definition) is 3. The van der Waals surface area contributed by atoms with Crippen molar-refractivity contribution in [3.05, 3.63) is 35.9 Å². The number of alkyl carbamates (subject to hydrolysis) is 1. The fourth-order valence-corrected chi connectivity index (χ4v) is 4.82. The Morgan fingerprint density at radius 3 is 1.96 bits per heavy atom. The molecule has 2 unspecified atom stereocenters. The van der Waals surface area contributed by atoms with E-state index in [9.17, 15) is 42.7 Å². The molecule has 47 heavy (non-hydrogen) atoms. The highest BCUT2D eigenvalue weighted by Crippen LogP contribution is 2.19. The quantitative estimate of drug-likeness (QED) is 0.111. The van der Waals surface area contributed by atoms with Crippen LogP contribution in [0.25, 0.3) is 0 Å². The second kappa shape index (κ2) is 22.2. The molecule has 3 amide bonds.